The van der Waals surface area contributed by atoms with Crippen LogP contribution in [0.15, 0.2) is 42.0 Å². The van der Waals surface area contributed by atoms with E-state index in [1.807, 2.05) is 41.0 Å². The fraction of sp³-hybridized carbons (Fsp3) is 0.0455. The summed E-state index contributed by atoms with van der Waals surface area (Å²) < 4.78 is 57.8. The molecule has 1 aliphatic carbocycles. The fourth-order valence-electron chi connectivity index (χ4n) is 3.64. The van der Waals surface area contributed by atoms with Crippen LogP contribution in [0, 0.1) is 23.3 Å². The maximum Gasteiger partial charge on any atom is 0.201 e. The van der Waals surface area contributed by atoms with Crippen molar-refractivity contribution in [3.63, 3.8) is 0 Å². The molecule has 0 fully saturated rings. The Morgan fingerprint density at radius 3 is 2.03 bits per heavy atom. The number of carbonyl (C=O) groups excluding carboxylic acids is 2. The van der Waals surface area contributed by atoms with Crippen LogP contribution in [-0.4, -0.2) is 21.1 Å². The molecule has 4 nitrogen and oxygen atoms in total. The number of aryl methyl sites for hydroxylation is 1. The summed E-state index contributed by atoms with van der Waals surface area (Å²) in [6.07, 6.45) is 1.09. The number of halogens is 4. The number of rotatable bonds is 2. The molecule has 0 saturated carbocycles. The molecule has 0 radical (unpaired) electrons. The van der Waals surface area contributed by atoms with Gasteiger partial charge >= 0.3 is 0 Å². The van der Waals surface area contributed by atoms with E-state index in [0.29, 0.717) is 5.65 Å². The Morgan fingerprint density at radius 2 is 1.48 bits per heavy atom. The zero-order valence-electron chi connectivity index (χ0n) is 15.7. The monoisotopic (exact) mass is 442 g/mol. The zero-order valence-corrected chi connectivity index (χ0v) is 16.5. The van der Waals surface area contributed by atoms with Gasteiger partial charge in [-0.2, -0.15) is 0 Å². The highest BCUT2D eigenvalue weighted by molar-refractivity contribution is 7.19. The van der Waals surface area contributed by atoms with Crippen molar-refractivity contribution >= 4 is 39.3 Å². The lowest BCUT2D eigenvalue weighted by molar-refractivity contribution is 0.0988. The topological polar surface area (TPSA) is 52.0 Å². The SMILES string of the molecule is Cn1c(-c2ccccc2)cc2sc(C=C3C(=O)c4c(F)c(F)c(F)c(F)c4C3=O)nc21. The summed E-state index contributed by atoms with van der Waals surface area (Å²) in [7, 11) is 1.80. The van der Waals surface area contributed by atoms with Crippen LogP contribution >= 0.6 is 11.3 Å². The second kappa shape index (κ2) is 6.71. The number of fused-ring (bicyclic) bond motifs is 2. The number of allylic oxidation sites excluding steroid dienone is 1. The highest BCUT2D eigenvalue weighted by Crippen LogP contribution is 2.36. The minimum Gasteiger partial charge on any atom is -0.328 e. The summed E-state index contributed by atoms with van der Waals surface area (Å²) in [4.78, 5) is 29.4. The second-order valence-electron chi connectivity index (χ2n) is 6.92. The van der Waals surface area contributed by atoms with E-state index in [0.717, 1.165) is 33.4 Å². The Labute approximate surface area is 176 Å². The molecule has 2 heterocycles. The van der Waals surface area contributed by atoms with Crippen LogP contribution < -0.4 is 0 Å². The van der Waals surface area contributed by atoms with Crippen LogP contribution in [-0.2, 0) is 7.05 Å². The van der Waals surface area contributed by atoms with Gasteiger partial charge in [0.2, 0.25) is 11.6 Å². The van der Waals surface area contributed by atoms with Crippen molar-refractivity contribution in [3.05, 3.63) is 81.4 Å². The average Bonchev–Trinajstić information content (AvgIpc) is 3.38. The lowest BCUT2D eigenvalue weighted by Gasteiger charge is -2.02. The Bertz CT molecular complexity index is 1420. The van der Waals surface area contributed by atoms with Crippen LogP contribution in [0.1, 0.15) is 25.7 Å². The van der Waals surface area contributed by atoms with Crippen molar-refractivity contribution in [1.29, 1.82) is 0 Å². The minimum atomic E-state index is -2.13. The second-order valence-corrected chi connectivity index (χ2v) is 7.98. The van der Waals surface area contributed by atoms with Crippen LogP contribution in [0.2, 0.25) is 0 Å². The van der Waals surface area contributed by atoms with E-state index in [4.69, 9.17) is 0 Å². The molecule has 0 spiro atoms. The zero-order chi connectivity index (χ0) is 22.0. The number of aromatic nitrogens is 2. The summed E-state index contributed by atoms with van der Waals surface area (Å²) in [6, 6.07) is 11.5. The number of Topliss-reactive ketones (excluding diaryl/α,β-unsaturated/α-hetero) is 2. The lowest BCUT2D eigenvalue weighted by atomic mass is 10.1. The Hall–Kier alpha value is -3.59. The summed E-state index contributed by atoms with van der Waals surface area (Å²) >= 11 is 1.16. The van der Waals surface area contributed by atoms with Gasteiger partial charge in [0, 0.05) is 7.05 Å². The fourth-order valence-corrected chi connectivity index (χ4v) is 4.62. The van der Waals surface area contributed by atoms with Gasteiger partial charge in [-0.3, -0.25) is 9.59 Å². The Morgan fingerprint density at radius 1 is 0.903 bits per heavy atom. The number of hydrogen-bond donors (Lipinski definition) is 0. The van der Waals surface area contributed by atoms with Gasteiger partial charge in [-0.25, -0.2) is 22.5 Å². The number of ketones is 2. The Balaban J connectivity index is 1.60. The van der Waals surface area contributed by atoms with E-state index >= 15 is 0 Å². The predicted molar refractivity (Wildman–Crippen MR) is 107 cm³/mol. The van der Waals surface area contributed by atoms with Crippen molar-refractivity contribution in [1.82, 2.24) is 9.55 Å². The number of benzene rings is 2. The van der Waals surface area contributed by atoms with Gasteiger partial charge in [0.15, 0.2) is 28.9 Å². The molecule has 9 heteroatoms. The van der Waals surface area contributed by atoms with Gasteiger partial charge in [0.1, 0.15) is 5.01 Å². The quantitative estimate of drug-likeness (QED) is 0.139. The number of hydrogen-bond acceptors (Lipinski definition) is 4. The van der Waals surface area contributed by atoms with Gasteiger partial charge in [-0.05, 0) is 17.7 Å². The maximum atomic E-state index is 14.1. The minimum absolute atomic E-state index is 0.242. The number of carbonyl (C=O) groups is 2. The maximum absolute atomic E-state index is 14.1. The van der Waals surface area contributed by atoms with Gasteiger partial charge in [0.25, 0.3) is 0 Å². The average molecular weight is 442 g/mol. The van der Waals surface area contributed by atoms with Crippen molar-refractivity contribution in [3.8, 4) is 11.3 Å². The smallest absolute Gasteiger partial charge is 0.201 e. The van der Waals surface area contributed by atoms with E-state index in [1.165, 1.54) is 0 Å². The third-order valence-corrected chi connectivity index (χ3v) is 6.08. The van der Waals surface area contributed by atoms with E-state index < -0.39 is 51.5 Å². The van der Waals surface area contributed by atoms with Crippen LogP contribution in [0.4, 0.5) is 17.6 Å². The first-order chi connectivity index (χ1) is 14.8. The number of nitrogens with zero attached hydrogens (tertiary/aromatic N) is 2. The Kier molecular flexibility index (Phi) is 4.19. The molecule has 0 N–H and O–H groups in total. The van der Waals surface area contributed by atoms with Crippen molar-refractivity contribution < 1.29 is 27.2 Å². The number of thiazole rings is 1. The molecule has 0 atom stereocenters. The summed E-state index contributed by atoms with van der Waals surface area (Å²) in [5.74, 6) is -10.4. The first-order valence-corrected chi connectivity index (χ1v) is 9.80. The van der Waals surface area contributed by atoms with Crippen LogP contribution in [0.25, 0.3) is 27.7 Å². The molecule has 2 aromatic heterocycles. The largest absolute Gasteiger partial charge is 0.328 e. The predicted octanol–water partition coefficient (Wildman–Crippen LogP) is 5.32. The first-order valence-electron chi connectivity index (χ1n) is 8.98. The molecule has 154 valence electrons. The van der Waals surface area contributed by atoms with Gasteiger partial charge < -0.3 is 4.57 Å². The lowest BCUT2D eigenvalue weighted by Crippen LogP contribution is -2.07. The molecular weight excluding hydrogens is 432 g/mol. The highest BCUT2D eigenvalue weighted by Gasteiger charge is 2.42. The summed E-state index contributed by atoms with van der Waals surface area (Å²) in [5.41, 5.74) is -0.327. The molecule has 5 rings (SSSR count). The van der Waals surface area contributed by atoms with Crippen molar-refractivity contribution in [2.45, 2.75) is 0 Å². The molecule has 0 aliphatic heterocycles. The molecule has 0 saturated heterocycles. The van der Waals surface area contributed by atoms with Crippen molar-refractivity contribution in [2.24, 2.45) is 7.05 Å². The van der Waals surface area contributed by atoms with Gasteiger partial charge in [0.05, 0.1) is 27.1 Å². The molecule has 31 heavy (non-hydrogen) atoms. The standard InChI is InChI=1S/C22H10F4N2O2S/c1-28-11(9-5-3-2-4-6-9)8-12-22(28)27-13(31-12)7-10-20(29)14-15(21(10)30)17(24)19(26)18(25)16(14)23/h2-8H,1H3. The molecule has 4 aromatic rings. The third-order valence-electron chi connectivity index (χ3n) is 5.15. The van der Waals surface area contributed by atoms with Gasteiger partial charge in [-0.15, -0.1) is 11.3 Å². The molecule has 1 aliphatic rings. The summed E-state index contributed by atoms with van der Waals surface area (Å²) in [6.45, 7) is 0. The third kappa shape index (κ3) is 2.70. The van der Waals surface area contributed by atoms with Crippen LogP contribution in [0.3, 0.4) is 0 Å². The summed E-state index contributed by atoms with van der Waals surface area (Å²) in [5, 5.41) is 0.242. The first kappa shape index (κ1) is 19.4. The highest BCUT2D eigenvalue weighted by atomic mass is 32.1. The van der Waals surface area contributed by atoms with E-state index in [2.05, 4.69) is 4.98 Å². The van der Waals surface area contributed by atoms with Crippen molar-refractivity contribution in [2.75, 3.05) is 0 Å². The molecular formula is C22H10F4N2O2S. The van der Waals surface area contributed by atoms with Gasteiger partial charge in [-0.1, -0.05) is 30.3 Å². The molecule has 0 bridgehead atoms. The molecule has 0 unspecified atom stereocenters. The molecule has 0 amide bonds. The normalized spacial score (nSPS) is 13.4. The van der Waals surface area contributed by atoms with E-state index in [-0.39, 0.29) is 5.01 Å². The van der Waals surface area contributed by atoms with E-state index in [9.17, 15) is 27.2 Å². The molecule has 2 aromatic carbocycles. The van der Waals surface area contributed by atoms with Crippen LogP contribution in [0.5, 0.6) is 0 Å². The van der Waals surface area contributed by atoms with E-state index in [1.54, 1.807) is 7.05 Å².